The van der Waals surface area contributed by atoms with Crippen molar-refractivity contribution in [2.45, 2.75) is 96.3 Å². The first-order valence-electron chi connectivity index (χ1n) is 27.8. The topological polar surface area (TPSA) is 6.48 Å². The highest BCUT2D eigenvalue weighted by atomic mass is 15.2. The van der Waals surface area contributed by atoms with Gasteiger partial charge in [0.05, 0.1) is 22.7 Å². The summed E-state index contributed by atoms with van der Waals surface area (Å²) in [5.74, 6) is 0. The molecule has 0 unspecified atom stereocenters. The zero-order valence-electron chi connectivity index (χ0n) is 46.0. The molecule has 0 fully saturated rings. The molecule has 10 aromatic carbocycles. The second-order valence-corrected chi connectivity index (χ2v) is 25.4. The van der Waals surface area contributed by atoms with Gasteiger partial charge in [-0.3, -0.25) is 0 Å². The Morgan fingerprint density at radius 2 is 0.506 bits per heavy atom. The Bertz CT molecular complexity index is 4180. The van der Waals surface area contributed by atoms with Crippen LogP contribution in [0.2, 0.25) is 0 Å². The molecule has 374 valence electrons. The van der Waals surface area contributed by atoms with Gasteiger partial charge >= 0.3 is 0 Å². The minimum absolute atomic E-state index is 0.165. The van der Waals surface area contributed by atoms with Gasteiger partial charge in [-0.1, -0.05) is 197 Å². The Morgan fingerprint density at radius 1 is 0.208 bits per heavy atom. The van der Waals surface area contributed by atoms with E-state index >= 15 is 0 Å². The van der Waals surface area contributed by atoms with Crippen LogP contribution in [-0.2, 0) is 27.1 Å². The van der Waals surface area contributed by atoms with Crippen LogP contribution >= 0.6 is 0 Å². The molecule has 0 spiro atoms. The second kappa shape index (κ2) is 15.5. The van der Waals surface area contributed by atoms with Crippen molar-refractivity contribution in [2.24, 2.45) is 0 Å². The molecule has 2 nitrogen and oxygen atoms in total. The van der Waals surface area contributed by atoms with Gasteiger partial charge in [0.2, 0.25) is 0 Å². The summed E-state index contributed by atoms with van der Waals surface area (Å²) in [4.78, 5) is 4.98. The fourth-order valence-electron chi connectivity index (χ4n) is 15.0. The third-order valence-corrected chi connectivity index (χ3v) is 19.4. The van der Waals surface area contributed by atoms with Crippen LogP contribution in [0.1, 0.15) is 125 Å². The number of nitrogens with zero attached hydrogens (tertiary/aromatic N) is 2. The van der Waals surface area contributed by atoms with Crippen molar-refractivity contribution in [2.75, 3.05) is 9.80 Å². The van der Waals surface area contributed by atoms with Crippen molar-refractivity contribution in [3.05, 3.63) is 262 Å². The lowest BCUT2D eigenvalue weighted by molar-refractivity contribution is 0.620. The average molecular weight is 993 g/mol. The number of benzene rings is 10. The Balaban J connectivity index is 0.766. The van der Waals surface area contributed by atoms with Crippen LogP contribution in [0.4, 0.5) is 34.1 Å². The van der Waals surface area contributed by atoms with Gasteiger partial charge in [0.25, 0.3) is 0 Å². The van der Waals surface area contributed by atoms with E-state index in [0.29, 0.717) is 0 Å². The zero-order valence-corrected chi connectivity index (χ0v) is 46.0. The summed E-state index contributed by atoms with van der Waals surface area (Å²) >= 11 is 0. The maximum Gasteiger partial charge on any atom is 0.0509 e. The first-order chi connectivity index (χ1) is 37.0. The molecule has 2 heterocycles. The van der Waals surface area contributed by atoms with Crippen LogP contribution in [0.15, 0.2) is 206 Å². The summed E-state index contributed by atoms with van der Waals surface area (Å²) in [6, 6.07) is 78.9. The highest BCUT2D eigenvalue weighted by molar-refractivity contribution is 5.95. The van der Waals surface area contributed by atoms with Crippen molar-refractivity contribution < 1.29 is 0 Å². The smallest absolute Gasteiger partial charge is 0.0509 e. The maximum atomic E-state index is 2.55. The SMILES string of the molecule is CC1(C)c2cc(-c3ccc4c(c3)C(C)(C)c3cc5c(cc3-4)C(C)(C)c3ccccc3N5c3ccccc3)ccc2-c2ccc(-c3ccc4c(c3)C(C)(C)c3cc5c(cc3-4)N(c3ccccc3)c3ccccc3C5(C)C)cc21. The number of para-hydroxylation sites is 4. The lowest BCUT2D eigenvalue weighted by atomic mass is 9.71. The highest BCUT2D eigenvalue weighted by Crippen LogP contribution is 2.61. The monoisotopic (exact) mass is 993 g/mol. The molecule has 2 heteroatoms. The summed E-state index contributed by atoms with van der Waals surface area (Å²) in [7, 11) is 0. The van der Waals surface area contributed by atoms with E-state index < -0.39 is 0 Å². The third kappa shape index (κ3) is 6.19. The molecule has 0 radical (unpaired) electrons. The van der Waals surface area contributed by atoms with E-state index in [4.69, 9.17) is 0 Å². The number of anilines is 6. The Hall–Kier alpha value is -8.20. The molecule has 15 rings (SSSR count). The van der Waals surface area contributed by atoms with E-state index in [1.165, 1.54) is 145 Å². The summed E-state index contributed by atoms with van der Waals surface area (Å²) in [5.41, 5.74) is 33.5. The first-order valence-corrected chi connectivity index (χ1v) is 27.8. The van der Waals surface area contributed by atoms with Crippen molar-refractivity contribution in [1.82, 2.24) is 0 Å². The largest absolute Gasteiger partial charge is 0.310 e. The lowest BCUT2D eigenvalue weighted by Gasteiger charge is -2.43. The Labute approximate surface area is 455 Å². The Kier molecular flexibility index (Phi) is 9.27. The number of hydrogen-bond acceptors (Lipinski definition) is 2. The number of rotatable bonds is 4. The first kappa shape index (κ1) is 46.1. The van der Waals surface area contributed by atoms with E-state index in [0.717, 1.165) is 0 Å². The highest BCUT2D eigenvalue weighted by Gasteiger charge is 2.45. The van der Waals surface area contributed by atoms with Crippen LogP contribution in [0.5, 0.6) is 0 Å². The summed E-state index contributed by atoms with van der Waals surface area (Å²) in [6.07, 6.45) is 0. The second-order valence-electron chi connectivity index (χ2n) is 25.4. The van der Waals surface area contributed by atoms with Gasteiger partial charge in [-0.15, -0.1) is 0 Å². The minimum Gasteiger partial charge on any atom is -0.310 e. The molecule has 0 saturated carbocycles. The predicted molar refractivity (Wildman–Crippen MR) is 324 cm³/mol. The molecule has 3 aliphatic carbocycles. The van der Waals surface area contributed by atoms with Crippen LogP contribution in [0, 0.1) is 0 Å². The van der Waals surface area contributed by atoms with Crippen LogP contribution < -0.4 is 9.80 Å². The molecule has 10 aromatic rings. The van der Waals surface area contributed by atoms with E-state index in [2.05, 4.69) is 285 Å². The van der Waals surface area contributed by atoms with E-state index in [1.807, 2.05) is 0 Å². The Morgan fingerprint density at radius 3 is 0.922 bits per heavy atom. The number of fused-ring (bicyclic) bond motifs is 13. The molecule has 77 heavy (non-hydrogen) atoms. The predicted octanol–water partition coefficient (Wildman–Crippen LogP) is 20.2. The fraction of sp³-hybridized carbons (Fsp3) is 0.200. The van der Waals surface area contributed by atoms with Gasteiger partial charge in [-0.25, -0.2) is 0 Å². The van der Waals surface area contributed by atoms with Gasteiger partial charge in [0.1, 0.15) is 0 Å². The molecule has 0 bridgehead atoms. The van der Waals surface area contributed by atoms with E-state index in [9.17, 15) is 0 Å². The number of hydrogen-bond donors (Lipinski definition) is 0. The lowest BCUT2D eigenvalue weighted by Crippen LogP contribution is -2.31. The minimum atomic E-state index is -0.191. The molecule has 2 aliphatic heterocycles. The van der Waals surface area contributed by atoms with E-state index in [1.54, 1.807) is 0 Å². The van der Waals surface area contributed by atoms with E-state index in [-0.39, 0.29) is 27.1 Å². The zero-order chi connectivity index (χ0) is 52.7. The molecule has 0 amide bonds. The molecule has 0 saturated heterocycles. The normalized spacial score (nSPS) is 17.2. The third-order valence-electron chi connectivity index (χ3n) is 19.4. The molecule has 0 aromatic heterocycles. The molecule has 0 N–H and O–H groups in total. The quantitative estimate of drug-likeness (QED) is 0.173. The average Bonchev–Trinajstić information content (AvgIpc) is 4.08. The molecule has 5 aliphatic rings. The van der Waals surface area contributed by atoms with Crippen molar-refractivity contribution in [3.63, 3.8) is 0 Å². The van der Waals surface area contributed by atoms with Crippen molar-refractivity contribution in [3.8, 4) is 55.6 Å². The fourth-order valence-corrected chi connectivity index (χ4v) is 15.0. The standard InChI is InChI=1S/C75H64N2/c1-71(2)57-25-17-20-28-68(57)77(50-23-15-12-16-24-50)70-44-64-55(41-65(70)71)53-35-31-47(39-61(53)75(64,9)10)45-29-33-51-52-34-30-46(38-60(52)73(5,6)59(51)37-45)48-32-36-54-56-42-69-66(43-63(56)74(7,8)62(54)40-48)72(3,4)58-26-18-19-27-67(58)76(69)49-21-13-11-14-22-49/h11-44H,1-10H3. The summed E-state index contributed by atoms with van der Waals surface area (Å²) < 4.78 is 0. The molecular weight excluding hydrogens is 929 g/mol. The summed E-state index contributed by atoms with van der Waals surface area (Å²) in [5, 5.41) is 0. The van der Waals surface area contributed by atoms with Crippen molar-refractivity contribution >= 4 is 34.1 Å². The van der Waals surface area contributed by atoms with Gasteiger partial charge in [0, 0.05) is 38.4 Å². The van der Waals surface area contributed by atoms with Gasteiger partial charge in [0.15, 0.2) is 0 Å². The molecule has 0 atom stereocenters. The van der Waals surface area contributed by atoms with Crippen LogP contribution in [0.3, 0.4) is 0 Å². The summed E-state index contributed by atoms with van der Waals surface area (Å²) in [6.45, 7) is 24.2. The van der Waals surface area contributed by atoms with Crippen molar-refractivity contribution in [1.29, 1.82) is 0 Å². The van der Waals surface area contributed by atoms with Gasteiger partial charge in [-0.05, 0) is 190 Å². The molecular formula is C75H64N2. The van der Waals surface area contributed by atoms with Gasteiger partial charge in [-0.2, -0.15) is 0 Å². The van der Waals surface area contributed by atoms with Crippen LogP contribution in [-0.4, -0.2) is 0 Å². The maximum absolute atomic E-state index is 2.55. The van der Waals surface area contributed by atoms with Gasteiger partial charge < -0.3 is 9.80 Å². The van der Waals surface area contributed by atoms with Crippen LogP contribution in [0.25, 0.3) is 55.6 Å².